The molecule has 0 saturated carbocycles. The van der Waals surface area contributed by atoms with Gasteiger partial charge >= 0.3 is 0 Å². The average molecular weight is 191 g/mol. The quantitative estimate of drug-likeness (QED) is 0.790. The molecule has 76 valence electrons. The molecule has 0 aliphatic carbocycles. The zero-order valence-corrected chi connectivity index (χ0v) is 8.68. The van der Waals surface area contributed by atoms with E-state index in [9.17, 15) is 0 Å². The molecule has 0 atom stereocenters. The highest BCUT2D eigenvalue weighted by molar-refractivity contribution is 5.36. The minimum Gasteiger partial charge on any atom is -0.494 e. The number of ether oxygens (including phenoxy) is 1. The van der Waals surface area contributed by atoms with Crippen molar-refractivity contribution in [3.05, 3.63) is 29.3 Å². The van der Waals surface area contributed by atoms with Gasteiger partial charge in [0, 0.05) is 6.54 Å². The lowest BCUT2D eigenvalue weighted by atomic mass is 10.0. The van der Waals surface area contributed by atoms with Crippen LogP contribution in [0, 0.1) is 0 Å². The Labute approximate surface area is 85.3 Å². The Morgan fingerprint density at radius 3 is 3.14 bits per heavy atom. The summed E-state index contributed by atoms with van der Waals surface area (Å²) in [6, 6.07) is 6.44. The Kier molecular flexibility index (Phi) is 3.04. The van der Waals surface area contributed by atoms with Crippen molar-refractivity contribution in [1.82, 2.24) is 5.32 Å². The first kappa shape index (κ1) is 9.53. The van der Waals surface area contributed by atoms with Gasteiger partial charge in [0.1, 0.15) is 5.75 Å². The maximum Gasteiger partial charge on any atom is 0.119 e. The van der Waals surface area contributed by atoms with Crippen LogP contribution < -0.4 is 10.1 Å². The zero-order chi connectivity index (χ0) is 9.80. The predicted octanol–water partition coefficient (Wildman–Crippen LogP) is 2.12. The van der Waals surface area contributed by atoms with E-state index in [2.05, 4.69) is 30.4 Å². The topological polar surface area (TPSA) is 21.3 Å². The lowest BCUT2D eigenvalue weighted by molar-refractivity contribution is 0.317. The van der Waals surface area contributed by atoms with Crippen molar-refractivity contribution >= 4 is 0 Å². The first-order chi connectivity index (χ1) is 6.90. The van der Waals surface area contributed by atoms with Gasteiger partial charge in [0.25, 0.3) is 0 Å². The monoisotopic (exact) mass is 191 g/mol. The van der Waals surface area contributed by atoms with E-state index in [-0.39, 0.29) is 0 Å². The third-order valence-corrected chi connectivity index (χ3v) is 2.54. The molecule has 0 radical (unpaired) electrons. The Morgan fingerprint density at radius 2 is 2.29 bits per heavy atom. The van der Waals surface area contributed by atoms with Gasteiger partial charge in [-0.1, -0.05) is 13.0 Å². The Bertz CT molecular complexity index is 309. The van der Waals surface area contributed by atoms with Crippen LogP contribution >= 0.6 is 0 Å². The number of nitrogens with one attached hydrogen (secondary N) is 1. The zero-order valence-electron chi connectivity index (χ0n) is 8.68. The molecule has 14 heavy (non-hydrogen) atoms. The Morgan fingerprint density at radius 1 is 1.36 bits per heavy atom. The minimum atomic E-state index is 0.812. The number of hydrogen-bond donors (Lipinski definition) is 1. The van der Waals surface area contributed by atoms with Gasteiger partial charge in [-0.15, -0.1) is 0 Å². The van der Waals surface area contributed by atoms with Crippen molar-refractivity contribution in [3.8, 4) is 5.75 Å². The van der Waals surface area contributed by atoms with Gasteiger partial charge in [-0.25, -0.2) is 0 Å². The van der Waals surface area contributed by atoms with Crippen molar-refractivity contribution in [2.45, 2.75) is 26.3 Å². The maximum atomic E-state index is 5.59. The standard InChI is InChI=1S/C12H17NO/c1-2-7-14-12-4-3-10-5-6-13-9-11(10)8-12/h3-4,8,13H,2,5-7,9H2,1H3. The summed E-state index contributed by atoms with van der Waals surface area (Å²) in [6.45, 7) is 5.02. The smallest absolute Gasteiger partial charge is 0.119 e. The van der Waals surface area contributed by atoms with Crippen molar-refractivity contribution in [2.24, 2.45) is 0 Å². The van der Waals surface area contributed by atoms with Crippen molar-refractivity contribution in [1.29, 1.82) is 0 Å². The molecule has 1 aromatic carbocycles. The average Bonchev–Trinajstić information content (AvgIpc) is 2.26. The van der Waals surface area contributed by atoms with E-state index in [1.165, 1.54) is 11.1 Å². The van der Waals surface area contributed by atoms with E-state index in [1.807, 2.05) is 0 Å². The van der Waals surface area contributed by atoms with E-state index >= 15 is 0 Å². The molecular weight excluding hydrogens is 174 g/mol. The lowest BCUT2D eigenvalue weighted by Crippen LogP contribution is -2.23. The van der Waals surface area contributed by atoms with E-state index in [0.29, 0.717) is 0 Å². The van der Waals surface area contributed by atoms with Crippen molar-refractivity contribution in [3.63, 3.8) is 0 Å². The summed E-state index contributed by atoms with van der Waals surface area (Å²) >= 11 is 0. The molecule has 0 aromatic heterocycles. The van der Waals surface area contributed by atoms with E-state index < -0.39 is 0 Å². The number of fused-ring (bicyclic) bond motifs is 1. The summed E-state index contributed by atoms with van der Waals surface area (Å²) in [5, 5.41) is 3.37. The summed E-state index contributed by atoms with van der Waals surface area (Å²) < 4.78 is 5.59. The van der Waals surface area contributed by atoms with Gasteiger partial charge in [-0.05, 0) is 42.6 Å². The molecule has 0 fully saturated rings. The molecule has 1 aliphatic heterocycles. The first-order valence-electron chi connectivity index (χ1n) is 5.35. The van der Waals surface area contributed by atoms with Gasteiger partial charge < -0.3 is 10.1 Å². The molecular formula is C12H17NO. The minimum absolute atomic E-state index is 0.812. The summed E-state index contributed by atoms with van der Waals surface area (Å²) in [7, 11) is 0. The molecule has 1 heterocycles. The summed E-state index contributed by atoms with van der Waals surface area (Å²) in [6.07, 6.45) is 2.21. The Hall–Kier alpha value is -1.02. The number of rotatable bonds is 3. The molecule has 0 saturated heterocycles. The highest BCUT2D eigenvalue weighted by atomic mass is 16.5. The number of benzene rings is 1. The van der Waals surface area contributed by atoms with Gasteiger partial charge in [-0.3, -0.25) is 0 Å². The Balaban J connectivity index is 2.12. The summed E-state index contributed by atoms with van der Waals surface area (Å²) in [5.41, 5.74) is 2.86. The molecule has 0 spiro atoms. The molecule has 0 amide bonds. The fraction of sp³-hybridized carbons (Fsp3) is 0.500. The van der Waals surface area contributed by atoms with Crippen LogP contribution in [0.1, 0.15) is 24.5 Å². The summed E-state index contributed by atoms with van der Waals surface area (Å²) in [4.78, 5) is 0. The normalized spacial score (nSPS) is 14.9. The highest BCUT2D eigenvalue weighted by Gasteiger charge is 2.08. The molecule has 2 nitrogen and oxygen atoms in total. The van der Waals surface area contributed by atoms with Crippen LogP contribution in [0.25, 0.3) is 0 Å². The van der Waals surface area contributed by atoms with Crippen LogP contribution in [0.4, 0.5) is 0 Å². The molecule has 1 N–H and O–H groups in total. The second-order valence-electron chi connectivity index (χ2n) is 3.71. The predicted molar refractivity (Wildman–Crippen MR) is 57.6 cm³/mol. The van der Waals surface area contributed by atoms with Crippen LogP contribution in [0.5, 0.6) is 5.75 Å². The van der Waals surface area contributed by atoms with Gasteiger partial charge in [0.05, 0.1) is 6.61 Å². The van der Waals surface area contributed by atoms with E-state index in [4.69, 9.17) is 4.74 Å². The largest absolute Gasteiger partial charge is 0.494 e. The van der Waals surface area contributed by atoms with Crippen molar-refractivity contribution in [2.75, 3.05) is 13.2 Å². The maximum absolute atomic E-state index is 5.59. The van der Waals surface area contributed by atoms with Crippen molar-refractivity contribution < 1.29 is 4.74 Å². The van der Waals surface area contributed by atoms with E-state index in [0.717, 1.165) is 38.3 Å². The molecule has 0 unspecified atom stereocenters. The van der Waals surface area contributed by atoms with Crippen LogP contribution in [-0.2, 0) is 13.0 Å². The third kappa shape index (κ3) is 2.07. The summed E-state index contributed by atoms with van der Waals surface area (Å²) in [5.74, 6) is 1.01. The highest BCUT2D eigenvalue weighted by Crippen LogP contribution is 2.20. The molecule has 2 heteroatoms. The SMILES string of the molecule is CCCOc1ccc2c(c1)CNCC2. The molecule has 1 aliphatic rings. The van der Waals surface area contributed by atoms with Gasteiger partial charge in [0.15, 0.2) is 0 Å². The second-order valence-corrected chi connectivity index (χ2v) is 3.71. The van der Waals surface area contributed by atoms with E-state index in [1.54, 1.807) is 0 Å². The fourth-order valence-corrected chi connectivity index (χ4v) is 1.77. The van der Waals surface area contributed by atoms with Gasteiger partial charge in [-0.2, -0.15) is 0 Å². The molecule has 1 aromatic rings. The van der Waals surface area contributed by atoms with Gasteiger partial charge in [0.2, 0.25) is 0 Å². The second kappa shape index (κ2) is 4.47. The first-order valence-corrected chi connectivity index (χ1v) is 5.35. The van der Waals surface area contributed by atoms with Crippen LogP contribution in [0.15, 0.2) is 18.2 Å². The molecule has 0 bridgehead atoms. The van der Waals surface area contributed by atoms with Crippen LogP contribution in [0.3, 0.4) is 0 Å². The third-order valence-electron chi connectivity index (χ3n) is 2.54. The number of hydrogen-bond acceptors (Lipinski definition) is 2. The van der Waals surface area contributed by atoms with Crippen LogP contribution in [-0.4, -0.2) is 13.2 Å². The lowest BCUT2D eigenvalue weighted by Gasteiger charge is -2.17. The fourth-order valence-electron chi connectivity index (χ4n) is 1.77. The van der Waals surface area contributed by atoms with Crippen LogP contribution in [0.2, 0.25) is 0 Å². The molecule has 2 rings (SSSR count).